The molecule has 6 bridgehead atoms. The number of fused-ring (bicyclic) bond motifs is 2. The monoisotopic (exact) mass is 737 g/mol. The van der Waals surface area contributed by atoms with Crippen LogP contribution >= 0.6 is 0 Å². The lowest BCUT2D eigenvalue weighted by Crippen LogP contribution is -2.42. The molecule has 9 rings (SSSR count). The topological polar surface area (TPSA) is 85.3 Å². The first kappa shape index (κ1) is 36.9. The number of methoxy groups -OCH3 is 4. The molecule has 3 unspecified atom stereocenters. The number of ether oxygens (including phenoxy) is 6. The van der Waals surface area contributed by atoms with Gasteiger partial charge in [0.15, 0.2) is 23.0 Å². The lowest BCUT2D eigenvalue weighted by atomic mass is 9.82. The van der Waals surface area contributed by atoms with E-state index in [1.54, 1.807) is 28.4 Å². The molecule has 54 heavy (non-hydrogen) atoms. The van der Waals surface area contributed by atoms with Gasteiger partial charge in [0.1, 0.15) is 17.6 Å². The van der Waals surface area contributed by atoms with Crippen LogP contribution in [-0.2, 0) is 30.5 Å². The number of likely N-dealkylation sites (tertiary alicyclic amines) is 1. The van der Waals surface area contributed by atoms with E-state index in [9.17, 15) is 5.11 Å². The normalized spacial score (nSPS) is 24.8. The van der Waals surface area contributed by atoms with Crippen LogP contribution in [-0.4, -0.2) is 107 Å². The highest BCUT2D eigenvalue weighted by molar-refractivity contribution is 5.66. The lowest BCUT2D eigenvalue weighted by molar-refractivity contribution is 0.0659. The molecule has 0 spiro atoms. The van der Waals surface area contributed by atoms with E-state index in [2.05, 4.69) is 71.3 Å². The predicted octanol–water partition coefficient (Wildman–Crippen LogP) is 6.47. The average molecular weight is 738 g/mol. The van der Waals surface area contributed by atoms with Gasteiger partial charge in [0, 0.05) is 62.9 Å². The van der Waals surface area contributed by atoms with Gasteiger partial charge >= 0.3 is 0 Å². The zero-order valence-corrected chi connectivity index (χ0v) is 32.7. The standard InChI is InChI=1S/C44H55N3O7/c1-45-18-15-29-23-38(50-4)40-24-33(29)35(45)20-27-9-12-31(13-10-27)53-39-22-28(11-14-37(39)49-3)21-36-41-32(16-19-46(36)2)34(26-47-17-7-8-30(48)25-47)42(51-5)44(52-6)43(41)54-40/h9-14,22,24,30,35-36,38,48H,7-8,15-21,23,25-26H2,1-6H3/t30?,35?,36-,38?/m0/s1. The number of benzene rings is 3. The molecule has 10 heteroatoms. The Balaban J connectivity index is 1.35. The van der Waals surface area contributed by atoms with Crippen molar-refractivity contribution in [1.82, 2.24) is 14.7 Å². The molecular weight excluding hydrogens is 682 g/mol. The highest BCUT2D eigenvalue weighted by atomic mass is 16.6. The molecule has 5 aliphatic heterocycles. The van der Waals surface area contributed by atoms with Crippen molar-refractivity contribution < 1.29 is 33.5 Å². The fraction of sp³-hybridized carbons (Fsp3) is 0.500. The zero-order chi connectivity index (χ0) is 37.5. The van der Waals surface area contributed by atoms with Gasteiger partial charge in [-0.15, -0.1) is 0 Å². The summed E-state index contributed by atoms with van der Waals surface area (Å²) in [5, 5.41) is 10.6. The van der Waals surface area contributed by atoms with Gasteiger partial charge in [0.2, 0.25) is 5.75 Å². The van der Waals surface area contributed by atoms with Crippen molar-refractivity contribution in [1.29, 1.82) is 0 Å². The molecule has 1 saturated heterocycles. The average Bonchev–Trinajstić information content (AvgIpc) is 3.17. The van der Waals surface area contributed by atoms with Crippen LogP contribution in [0.3, 0.4) is 0 Å². The number of piperidine rings is 1. The molecule has 288 valence electrons. The molecule has 0 saturated carbocycles. The first-order chi connectivity index (χ1) is 26.3. The number of nitrogens with zero attached hydrogens (tertiary/aromatic N) is 3. The maximum absolute atomic E-state index is 10.6. The van der Waals surface area contributed by atoms with Gasteiger partial charge in [-0.2, -0.15) is 0 Å². The molecule has 4 atom stereocenters. The maximum atomic E-state index is 10.6. The Morgan fingerprint density at radius 3 is 2.28 bits per heavy atom. The zero-order valence-electron chi connectivity index (χ0n) is 32.7. The summed E-state index contributed by atoms with van der Waals surface area (Å²) in [6, 6.07) is 14.8. The van der Waals surface area contributed by atoms with Crippen molar-refractivity contribution in [2.45, 2.75) is 75.8 Å². The number of rotatable bonds is 6. The minimum absolute atomic E-state index is 0.0535. The van der Waals surface area contributed by atoms with Crippen molar-refractivity contribution in [2.75, 3.05) is 68.7 Å². The summed E-state index contributed by atoms with van der Waals surface area (Å²) in [5.74, 6) is 4.89. The van der Waals surface area contributed by atoms with Gasteiger partial charge < -0.3 is 33.5 Å². The first-order valence-corrected chi connectivity index (χ1v) is 19.5. The second kappa shape index (κ2) is 15.6. The van der Waals surface area contributed by atoms with Crippen LogP contribution in [0, 0.1) is 0 Å². The van der Waals surface area contributed by atoms with Gasteiger partial charge in [-0.05, 0) is 112 Å². The van der Waals surface area contributed by atoms with Crippen molar-refractivity contribution in [3.8, 4) is 34.5 Å². The first-order valence-electron chi connectivity index (χ1n) is 19.5. The highest BCUT2D eigenvalue weighted by Crippen LogP contribution is 2.53. The van der Waals surface area contributed by atoms with Crippen LogP contribution in [0.25, 0.3) is 0 Å². The minimum atomic E-state index is -0.334. The molecule has 6 aliphatic rings. The van der Waals surface area contributed by atoms with Crippen LogP contribution in [0.1, 0.15) is 59.5 Å². The summed E-state index contributed by atoms with van der Waals surface area (Å²) in [5.41, 5.74) is 8.53. The smallest absolute Gasteiger partial charge is 0.204 e. The number of aliphatic hydroxyl groups is 1. The van der Waals surface area contributed by atoms with Gasteiger partial charge in [-0.3, -0.25) is 14.7 Å². The Morgan fingerprint density at radius 1 is 0.796 bits per heavy atom. The Kier molecular flexibility index (Phi) is 10.7. The molecule has 1 N–H and O–H groups in total. The van der Waals surface area contributed by atoms with E-state index < -0.39 is 0 Å². The number of hydrogen-bond acceptors (Lipinski definition) is 10. The molecule has 0 aromatic heterocycles. The molecular formula is C44H55N3O7. The molecule has 0 radical (unpaired) electrons. The van der Waals surface area contributed by atoms with Crippen LogP contribution < -0.4 is 23.7 Å². The Hall–Kier alpha value is -4.06. The summed E-state index contributed by atoms with van der Waals surface area (Å²) in [7, 11) is 11.3. The molecule has 1 fully saturated rings. The second-order valence-corrected chi connectivity index (χ2v) is 15.6. The minimum Gasteiger partial charge on any atom is -0.493 e. The van der Waals surface area contributed by atoms with Gasteiger partial charge in [-0.1, -0.05) is 23.8 Å². The third kappa shape index (κ3) is 6.99. The fourth-order valence-corrected chi connectivity index (χ4v) is 9.37. The van der Waals surface area contributed by atoms with E-state index >= 15 is 0 Å². The van der Waals surface area contributed by atoms with Crippen LogP contribution in [0.4, 0.5) is 0 Å². The summed E-state index contributed by atoms with van der Waals surface area (Å²) in [6.07, 6.45) is 7.64. The van der Waals surface area contributed by atoms with E-state index in [1.165, 1.54) is 22.3 Å². The summed E-state index contributed by atoms with van der Waals surface area (Å²) < 4.78 is 38.5. The van der Waals surface area contributed by atoms with Crippen molar-refractivity contribution >= 4 is 0 Å². The van der Waals surface area contributed by atoms with Gasteiger partial charge in [-0.25, -0.2) is 0 Å². The van der Waals surface area contributed by atoms with Crippen LogP contribution in [0.2, 0.25) is 0 Å². The molecule has 3 aromatic rings. The SMILES string of the molecule is COc1ccc2cc1Oc1ccc(cc1)CC1C3=C(CCN1C)CC(OC)C(=C3)Oc1c(OC)c(OC)c(CN3CCCC(O)C3)c3c1[C@H](C2)N(C)CC3. The van der Waals surface area contributed by atoms with E-state index in [1.807, 2.05) is 6.07 Å². The molecule has 10 nitrogen and oxygen atoms in total. The van der Waals surface area contributed by atoms with E-state index in [0.717, 1.165) is 86.4 Å². The molecule has 3 aromatic carbocycles. The predicted molar refractivity (Wildman–Crippen MR) is 208 cm³/mol. The maximum Gasteiger partial charge on any atom is 0.204 e. The quantitative estimate of drug-likeness (QED) is 0.304. The number of aliphatic hydroxyl groups excluding tert-OH is 1. The van der Waals surface area contributed by atoms with Crippen LogP contribution in [0.15, 0.2) is 65.4 Å². The Bertz CT molecular complexity index is 1920. The van der Waals surface area contributed by atoms with Crippen molar-refractivity contribution in [3.05, 3.63) is 93.3 Å². The Labute approximate surface area is 319 Å². The molecule has 0 amide bonds. The lowest BCUT2D eigenvalue weighted by Gasteiger charge is -2.41. The van der Waals surface area contributed by atoms with Crippen molar-refractivity contribution in [3.63, 3.8) is 0 Å². The summed E-state index contributed by atoms with van der Waals surface area (Å²) in [6.45, 7) is 4.06. The largest absolute Gasteiger partial charge is 0.493 e. The van der Waals surface area contributed by atoms with Crippen LogP contribution in [0.5, 0.6) is 34.5 Å². The molecule has 1 aliphatic carbocycles. The Morgan fingerprint density at radius 2 is 1.54 bits per heavy atom. The fourth-order valence-electron chi connectivity index (χ4n) is 9.37. The summed E-state index contributed by atoms with van der Waals surface area (Å²) >= 11 is 0. The number of hydrogen-bond donors (Lipinski definition) is 1. The van der Waals surface area contributed by atoms with E-state index in [4.69, 9.17) is 28.4 Å². The van der Waals surface area contributed by atoms with E-state index in [0.29, 0.717) is 48.3 Å². The third-order valence-electron chi connectivity index (χ3n) is 12.3. The molecule has 5 heterocycles. The third-order valence-corrected chi connectivity index (χ3v) is 12.3. The number of likely N-dealkylation sites (N-methyl/N-ethyl adjacent to an activating group) is 2. The summed E-state index contributed by atoms with van der Waals surface area (Å²) in [4.78, 5) is 7.23. The van der Waals surface area contributed by atoms with Gasteiger partial charge in [0.05, 0.1) is 27.4 Å². The highest BCUT2D eigenvalue weighted by Gasteiger charge is 2.39. The van der Waals surface area contributed by atoms with Gasteiger partial charge in [0.25, 0.3) is 0 Å². The second-order valence-electron chi connectivity index (χ2n) is 15.6. The number of β-amino-alcohol motifs (C(OH)–C–C–N with tert-alkyl or cyclic N) is 1. The van der Waals surface area contributed by atoms with Crippen molar-refractivity contribution in [2.24, 2.45) is 0 Å². The van der Waals surface area contributed by atoms with E-state index in [-0.39, 0.29) is 24.3 Å².